The molecule has 0 radical (unpaired) electrons. The normalized spacial score (nSPS) is 17.5. The summed E-state index contributed by atoms with van der Waals surface area (Å²) < 4.78 is 0. The first kappa shape index (κ1) is 19.9. The summed E-state index contributed by atoms with van der Waals surface area (Å²) in [5, 5.41) is 5.93. The van der Waals surface area contributed by atoms with Gasteiger partial charge in [0, 0.05) is 24.7 Å². The van der Waals surface area contributed by atoms with Crippen LogP contribution in [0.2, 0.25) is 0 Å². The van der Waals surface area contributed by atoms with Gasteiger partial charge < -0.3 is 15.5 Å². The Morgan fingerprint density at radius 1 is 1.14 bits per heavy atom. The van der Waals surface area contributed by atoms with Gasteiger partial charge in [0.05, 0.1) is 6.04 Å². The lowest BCUT2D eigenvalue weighted by Gasteiger charge is -2.19. The van der Waals surface area contributed by atoms with Crippen LogP contribution in [0.3, 0.4) is 0 Å². The van der Waals surface area contributed by atoms with Gasteiger partial charge in [0.15, 0.2) is 0 Å². The Labute approximate surface area is 167 Å². The largest absolute Gasteiger partial charge is 0.336 e. The van der Waals surface area contributed by atoms with E-state index >= 15 is 0 Å². The number of carbonyl (C=O) groups excluding carboxylic acids is 2. The molecule has 1 saturated heterocycles. The predicted molar refractivity (Wildman–Crippen MR) is 113 cm³/mol. The summed E-state index contributed by atoms with van der Waals surface area (Å²) in [4.78, 5) is 26.5. The van der Waals surface area contributed by atoms with E-state index in [0.717, 1.165) is 24.1 Å². The van der Waals surface area contributed by atoms with Crippen LogP contribution in [0.5, 0.6) is 0 Å². The fourth-order valence-electron chi connectivity index (χ4n) is 3.50. The van der Waals surface area contributed by atoms with Crippen molar-refractivity contribution in [2.24, 2.45) is 0 Å². The monoisotopic (exact) mass is 379 g/mol. The standard InChI is InChI=1S/C23H29N3O2/c1-16-9-12-21(13-17(16)2)26-15-20(14-22(26)27)25-23(28)24-18(3)10-11-19-7-5-4-6-8-19/h4-9,12-13,18,20H,10-11,14-15H2,1-3H3,(H2,24,25,28)/t18-,20+/m0/s1. The van der Waals surface area contributed by atoms with Gasteiger partial charge in [-0.15, -0.1) is 0 Å². The van der Waals surface area contributed by atoms with Crippen LogP contribution in [-0.4, -0.2) is 30.6 Å². The van der Waals surface area contributed by atoms with Gasteiger partial charge in [-0.05, 0) is 62.4 Å². The second-order valence-corrected chi connectivity index (χ2v) is 7.72. The molecule has 148 valence electrons. The Balaban J connectivity index is 1.48. The predicted octanol–water partition coefficient (Wildman–Crippen LogP) is 3.73. The lowest BCUT2D eigenvalue weighted by atomic mass is 10.1. The Morgan fingerprint density at radius 3 is 2.61 bits per heavy atom. The molecule has 5 heteroatoms. The van der Waals surface area contributed by atoms with Crippen LogP contribution in [0.1, 0.15) is 36.5 Å². The Kier molecular flexibility index (Phi) is 6.34. The molecular weight excluding hydrogens is 350 g/mol. The second-order valence-electron chi connectivity index (χ2n) is 7.72. The van der Waals surface area contributed by atoms with Crippen molar-refractivity contribution in [3.8, 4) is 0 Å². The average molecular weight is 380 g/mol. The summed E-state index contributed by atoms with van der Waals surface area (Å²) in [7, 11) is 0. The fraction of sp³-hybridized carbons (Fsp3) is 0.391. The van der Waals surface area contributed by atoms with Crippen LogP contribution in [0.15, 0.2) is 48.5 Å². The number of nitrogens with zero attached hydrogens (tertiary/aromatic N) is 1. The highest BCUT2D eigenvalue weighted by atomic mass is 16.2. The van der Waals surface area contributed by atoms with Crippen molar-refractivity contribution in [2.45, 2.75) is 52.1 Å². The van der Waals surface area contributed by atoms with Crippen molar-refractivity contribution in [3.05, 3.63) is 65.2 Å². The van der Waals surface area contributed by atoms with Gasteiger partial charge in [0.2, 0.25) is 5.91 Å². The van der Waals surface area contributed by atoms with Crippen LogP contribution in [-0.2, 0) is 11.2 Å². The summed E-state index contributed by atoms with van der Waals surface area (Å²) in [5.74, 6) is 0.0469. The van der Waals surface area contributed by atoms with E-state index in [1.165, 1.54) is 11.1 Å². The van der Waals surface area contributed by atoms with Crippen LogP contribution < -0.4 is 15.5 Å². The number of aryl methyl sites for hydroxylation is 3. The molecule has 0 spiro atoms. The number of urea groups is 1. The Bertz CT molecular complexity index is 835. The van der Waals surface area contributed by atoms with E-state index in [9.17, 15) is 9.59 Å². The summed E-state index contributed by atoms with van der Waals surface area (Å²) in [6, 6.07) is 16.0. The van der Waals surface area contributed by atoms with Gasteiger partial charge in [-0.2, -0.15) is 0 Å². The van der Waals surface area contributed by atoms with E-state index in [-0.39, 0.29) is 24.0 Å². The first-order valence-electron chi connectivity index (χ1n) is 9.91. The quantitative estimate of drug-likeness (QED) is 0.803. The summed E-state index contributed by atoms with van der Waals surface area (Å²) in [6.45, 7) is 6.61. The number of amides is 3. The van der Waals surface area contributed by atoms with Crippen molar-refractivity contribution < 1.29 is 9.59 Å². The molecule has 2 N–H and O–H groups in total. The molecule has 0 saturated carbocycles. The molecule has 0 unspecified atom stereocenters. The molecule has 1 aliphatic heterocycles. The number of anilines is 1. The van der Waals surface area contributed by atoms with Gasteiger partial charge in [-0.3, -0.25) is 4.79 Å². The number of nitrogens with one attached hydrogen (secondary N) is 2. The molecule has 3 amide bonds. The van der Waals surface area contributed by atoms with E-state index in [1.54, 1.807) is 4.90 Å². The maximum absolute atomic E-state index is 12.4. The van der Waals surface area contributed by atoms with Crippen molar-refractivity contribution in [1.82, 2.24) is 10.6 Å². The highest BCUT2D eigenvalue weighted by Gasteiger charge is 2.31. The third kappa shape index (κ3) is 5.12. The van der Waals surface area contributed by atoms with Gasteiger partial charge in [0.25, 0.3) is 0 Å². The number of hydrogen-bond acceptors (Lipinski definition) is 2. The first-order chi connectivity index (χ1) is 13.4. The van der Waals surface area contributed by atoms with Crippen molar-refractivity contribution in [3.63, 3.8) is 0 Å². The molecular formula is C23H29N3O2. The SMILES string of the molecule is Cc1ccc(N2C[C@H](NC(=O)N[C@@H](C)CCc3ccccc3)CC2=O)cc1C. The molecule has 2 atom stereocenters. The molecule has 2 aromatic carbocycles. The van der Waals surface area contributed by atoms with Gasteiger partial charge in [-0.1, -0.05) is 36.4 Å². The minimum absolute atomic E-state index is 0.0469. The van der Waals surface area contributed by atoms with Crippen molar-refractivity contribution in [2.75, 3.05) is 11.4 Å². The maximum Gasteiger partial charge on any atom is 0.315 e. The van der Waals surface area contributed by atoms with E-state index < -0.39 is 0 Å². The zero-order valence-corrected chi connectivity index (χ0v) is 16.9. The fourth-order valence-corrected chi connectivity index (χ4v) is 3.50. The minimum Gasteiger partial charge on any atom is -0.336 e. The van der Waals surface area contributed by atoms with Crippen LogP contribution in [0.25, 0.3) is 0 Å². The zero-order valence-electron chi connectivity index (χ0n) is 16.9. The van der Waals surface area contributed by atoms with Crippen molar-refractivity contribution >= 4 is 17.6 Å². The summed E-state index contributed by atoms with van der Waals surface area (Å²) in [6.07, 6.45) is 2.12. The lowest BCUT2D eigenvalue weighted by Crippen LogP contribution is -2.46. The van der Waals surface area contributed by atoms with Crippen LogP contribution in [0, 0.1) is 13.8 Å². The number of benzene rings is 2. The highest BCUT2D eigenvalue weighted by Crippen LogP contribution is 2.24. The molecule has 28 heavy (non-hydrogen) atoms. The van der Waals surface area contributed by atoms with E-state index in [0.29, 0.717) is 13.0 Å². The molecule has 5 nitrogen and oxygen atoms in total. The maximum atomic E-state index is 12.4. The zero-order chi connectivity index (χ0) is 20.1. The molecule has 2 aromatic rings. The van der Waals surface area contributed by atoms with E-state index in [2.05, 4.69) is 29.7 Å². The number of carbonyl (C=O) groups is 2. The Hall–Kier alpha value is -2.82. The third-order valence-corrected chi connectivity index (χ3v) is 5.35. The summed E-state index contributed by atoms with van der Waals surface area (Å²) >= 11 is 0. The van der Waals surface area contributed by atoms with Crippen molar-refractivity contribution in [1.29, 1.82) is 0 Å². The minimum atomic E-state index is -0.208. The smallest absolute Gasteiger partial charge is 0.315 e. The van der Waals surface area contributed by atoms with E-state index in [1.807, 2.05) is 50.2 Å². The molecule has 0 aromatic heterocycles. The van der Waals surface area contributed by atoms with Gasteiger partial charge in [0.1, 0.15) is 0 Å². The highest BCUT2D eigenvalue weighted by molar-refractivity contribution is 5.96. The number of rotatable bonds is 6. The van der Waals surface area contributed by atoms with Gasteiger partial charge >= 0.3 is 6.03 Å². The third-order valence-electron chi connectivity index (χ3n) is 5.35. The molecule has 0 bridgehead atoms. The molecule has 1 fully saturated rings. The lowest BCUT2D eigenvalue weighted by molar-refractivity contribution is -0.117. The van der Waals surface area contributed by atoms with Crippen LogP contribution in [0.4, 0.5) is 10.5 Å². The van der Waals surface area contributed by atoms with Gasteiger partial charge in [-0.25, -0.2) is 4.79 Å². The molecule has 1 aliphatic rings. The Morgan fingerprint density at radius 2 is 1.89 bits per heavy atom. The molecule has 1 heterocycles. The van der Waals surface area contributed by atoms with Crippen LogP contribution >= 0.6 is 0 Å². The summed E-state index contributed by atoms with van der Waals surface area (Å²) in [5.41, 5.74) is 4.52. The number of hydrogen-bond donors (Lipinski definition) is 2. The molecule has 0 aliphatic carbocycles. The topological polar surface area (TPSA) is 61.4 Å². The van der Waals surface area contributed by atoms with E-state index in [4.69, 9.17) is 0 Å². The average Bonchev–Trinajstić information content (AvgIpc) is 3.03. The molecule has 3 rings (SSSR count). The first-order valence-corrected chi connectivity index (χ1v) is 9.91. The second kappa shape index (κ2) is 8.91.